The number of aromatic nitrogens is 2. The molecule has 8 heteroatoms. The van der Waals surface area contributed by atoms with Crippen LogP contribution in [0, 0.1) is 31.1 Å². The molecule has 0 spiro atoms. The highest BCUT2D eigenvalue weighted by molar-refractivity contribution is 7.99. The molecule has 0 aliphatic heterocycles. The molecule has 2 aliphatic carbocycles. The van der Waals surface area contributed by atoms with Gasteiger partial charge in [-0.2, -0.15) is 5.26 Å². The maximum Gasteiger partial charge on any atom is 0.267 e. The second kappa shape index (κ2) is 8.30. The summed E-state index contributed by atoms with van der Waals surface area (Å²) in [7, 11) is 0. The van der Waals surface area contributed by atoms with Gasteiger partial charge in [-0.3, -0.25) is 14.2 Å². The van der Waals surface area contributed by atoms with E-state index in [4.69, 9.17) is 4.98 Å². The maximum atomic E-state index is 13.8. The van der Waals surface area contributed by atoms with Gasteiger partial charge in [0, 0.05) is 4.88 Å². The van der Waals surface area contributed by atoms with Crippen molar-refractivity contribution in [2.24, 2.45) is 5.92 Å². The third-order valence-corrected chi connectivity index (χ3v) is 8.78. The Balaban J connectivity index is 1.54. The first-order valence-corrected chi connectivity index (χ1v) is 13.1. The molecule has 5 rings (SSSR count). The number of nitrogens with one attached hydrogen (secondary N) is 1. The molecule has 1 amide bonds. The number of hydrogen-bond donors (Lipinski definition) is 1. The predicted molar refractivity (Wildman–Crippen MR) is 132 cm³/mol. The Hall–Kier alpha value is -2.63. The van der Waals surface area contributed by atoms with E-state index in [1.54, 1.807) is 22.8 Å². The minimum atomic E-state index is -0.837. The van der Waals surface area contributed by atoms with Crippen molar-refractivity contribution < 1.29 is 4.79 Å². The Morgan fingerprint density at radius 3 is 2.85 bits per heavy atom. The van der Waals surface area contributed by atoms with Gasteiger partial charge >= 0.3 is 0 Å². The number of nitrogens with zero attached hydrogens (tertiary/aromatic N) is 3. The molecule has 1 aromatic carbocycles. The van der Waals surface area contributed by atoms with Crippen molar-refractivity contribution >= 4 is 39.2 Å². The fourth-order valence-electron chi connectivity index (χ4n) is 4.73. The Kier molecular flexibility index (Phi) is 5.58. The lowest BCUT2D eigenvalue weighted by atomic mass is 9.98. The molecular formula is C25H26N4O2S2. The quantitative estimate of drug-likeness (QED) is 0.418. The van der Waals surface area contributed by atoms with Crippen LogP contribution in [-0.4, -0.2) is 26.8 Å². The minimum absolute atomic E-state index is 0.0610. The number of thiophene rings is 1. The summed E-state index contributed by atoms with van der Waals surface area (Å²) in [4.78, 5) is 33.4. The molecule has 1 unspecified atom stereocenters. The van der Waals surface area contributed by atoms with Crippen LogP contribution < -0.4 is 10.9 Å². The van der Waals surface area contributed by atoms with Crippen molar-refractivity contribution in [2.75, 3.05) is 5.75 Å². The summed E-state index contributed by atoms with van der Waals surface area (Å²) >= 11 is 2.86. The van der Waals surface area contributed by atoms with Gasteiger partial charge in [0.05, 0.1) is 22.9 Å². The van der Waals surface area contributed by atoms with Crippen molar-refractivity contribution in [2.45, 2.75) is 63.6 Å². The van der Waals surface area contributed by atoms with E-state index in [0.717, 1.165) is 64.7 Å². The molecular weight excluding hydrogens is 452 g/mol. The fraction of sp³-hybridized carbons (Fsp3) is 0.440. The molecule has 0 radical (unpaired) electrons. The summed E-state index contributed by atoms with van der Waals surface area (Å²) in [5, 5.41) is 13.7. The van der Waals surface area contributed by atoms with Crippen LogP contribution >= 0.6 is 23.1 Å². The summed E-state index contributed by atoms with van der Waals surface area (Å²) in [6, 6.07) is 8.27. The van der Waals surface area contributed by atoms with Crippen LogP contribution in [0.4, 0.5) is 0 Å². The van der Waals surface area contributed by atoms with Gasteiger partial charge < -0.3 is 5.32 Å². The van der Waals surface area contributed by atoms with Crippen molar-refractivity contribution in [1.82, 2.24) is 14.9 Å². The molecule has 2 aromatic heterocycles. The lowest BCUT2D eigenvalue weighted by molar-refractivity contribution is -0.119. The van der Waals surface area contributed by atoms with Crippen LogP contribution in [0.3, 0.4) is 0 Å². The monoisotopic (exact) mass is 478 g/mol. The van der Waals surface area contributed by atoms with Crippen LogP contribution in [0.2, 0.25) is 0 Å². The lowest BCUT2D eigenvalue weighted by Gasteiger charge is -2.22. The molecule has 2 aliphatic rings. The Morgan fingerprint density at radius 1 is 1.36 bits per heavy atom. The van der Waals surface area contributed by atoms with Crippen molar-refractivity contribution in [3.8, 4) is 11.8 Å². The van der Waals surface area contributed by atoms with Gasteiger partial charge in [-0.25, -0.2) is 4.98 Å². The second-order valence-electron chi connectivity index (χ2n) is 9.29. The van der Waals surface area contributed by atoms with Crippen LogP contribution in [0.1, 0.15) is 47.8 Å². The Bertz CT molecular complexity index is 1380. The fourth-order valence-corrected chi connectivity index (χ4v) is 6.84. The van der Waals surface area contributed by atoms with Gasteiger partial charge in [0.15, 0.2) is 5.16 Å². The highest BCUT2D eigenvalue weighted by Crippen LogP contribution is 2.39. The zero-order chi connectivity index (χ0) is 23.3. The SMILES string of the molecule is Cc1ccc(-n2c(SCC(=O)NC(C)(C#N)C3CC3)nc3sc4c(c3c2=O)CCC4)c(C)c1. The van der Waals surface area contributed by atoms with E-state index in [1.807, 2.05) is 26.0 Å². The standard InChI is InChI=1S/C25H26N4O2S2/c1-14-7-10-18(15(2)11-14)29-23(31)21-17-5-4-6-19(17)33-22(21)27-24(29)32-12-20(30)28-25(3,13-26)16-8-9-16/h7,10-11,16H,4-6,8-9,12H2,1-3H3,(H,28,30). The van der Waals surface area contributed by atoms with E-state index >= 15 is 0 Å². The zero-order valence-corrected chi connectivity index (χ0v) is 20.7. The molecule has 33 heavy (non-hydrogen) atoms. The largest absolute Gasteiger partial charge is 0.337 e. The first kappa shape index (κ1) is 22.2. The summed E-state index contributed by atoms with van der Waals surface area (Å²) in [5.74, 6) is 0.0942. The zero-order valence-electron chi connectivity index (χ0n) is 19.0. The molecule has 2 heterocycles. The Labute approximate surface area is 201 Å². The smallest absolute Gasteiger partial charge is 0.267 e. The lowest BCUT2D eigenvalue weighted by Crippen LogP contribution is -2.47. The Morgan fingerprint density at radius 2 is 2.15 bits per heavy atom. The number of rotatable bonds is 6. The van der Waals surface area contributed by atoms with Crippen LogP contribution in [0.15, 0.2) is 28.2 Å². The topological polar surface area (TPSA) is 87.8 Å². The van der Waals surface area contributed by atoms with Crippen molar-refractivity contribution in [3.05, 3.63) is 50.1 Å². The molecule has 1 saturated carbocycles. The van der Waals surface area contributed by atoms with Gasteiger partial charge in [0.2, 0.25) is 5.91 Å². The van der Waals surface area contributed by atoms with Crippen molar-refractivity contribution in [1.29, 1.82) is 5.26 Å². The number of benzene rings is 1. The molecule has 3 aromatic rings. The second-order valence-corrected chi connectivity index (χ2v) is 11.3. The van der Waals surface area contributed by atoms with Crippen LogP contribution in [-0.2, 0) is 17.6 Å². The number of hydrogen-bond acceptors (Lipinski definition) is 6. The third-order valence-electron chi connectivity index (χ3n) is 6.66. The molecule has 1 N–H and O–H groups in total. The normalized spacial score (nSPS) is 16.9. The highest BCUT2D eigenvalue weighted by atomic mass is 32.2. The predicted octanol–water partition coefficient (Wildman–Crippen LogP) is 4.45. The highest BCUT2D eigenvalue weighted by Gasteiger charge is 2.43. The first-order valence-electron chi connectivity index (χ1n) is 11.3. The van der Waals surface area contributed by atoms with Gasteiger partial charge in [-0.1, -0.05) is 29.5 Å². The molecule has 170 valence electrons. The summed E-state index contributed by atoms with van der Waals surface area (Å²) < 4.78 is 1.67. The van der Waals surface area contributed by atoms with E-state index in [-0.39, 0.29) is 23.1 Å². The molecule has 1 fully saturated rings. The summed E-state index contributed by atoms with van der Waals surface area (Å²) in [5.41, 5.74) is 3.15. The number of carbonyl (C=O) groups is 1. The van der Waals surface area contributed by atoms with E-state index < -0.39 is 5.54 Å². The van der Waals surface area contributed by atoms with E-state index in [2.05, 4.69) is 17.5 Å². The molecule has 0 saturated heterocycles. The van der Waals surface area contributed by atoms with E-state index in [1.165, 1.54) is 16.6 Å². The van der Waals surface area contributed by atoms with Gasteiger partial charge in [-0.15, -0.1) is 11.3 Å². The number of fused-ring (bicyclic) bond motifs is 3. The maximum absolute atomic E-state index is 13.8. The number of aryl methyl sites for hydroxylation is 4. The van der Waals surface area contributed by atoms with Crippen LogP contribution in [0.25, 0.3) is 15.9 Å². The van der Waals surface area contributed by atoms with E-state index in [0.29, 0.717) is 5.16 Å². The number of amides is 1. The number of thioether (sulfide) groups is 1. The number of nitriles is 1. The molecule has 6 nitrogen and oxygen atoms in total. The van der Waals surface area contributed by atoms with Gasteiger partial charge in [0.25, 0.3) is 5.56 Å². The van der Waals surface area contributed by atoms with Crippen molar-refractivity contribution in [3.63, 3.8) is 0 Å². The molecule has 0 bridgehead atoms. The van der Waals surface area contributed by atoms with E-state index in [9.17, 15) is 14.9 Å². The van der Waals surface area contributed by atoms with Gasteiger partial charge in [0.1, 0.15) is 10.4 Å². The number of carbonyl (C=O) groups excluding carboxylic acids is 1. The summed E-state index contributed by atoms with van der Waals surface area (Å²) in [6.07, 6.45) is 4.92. The summed E-state index contributed by atoms with van der Waals surface area (Å²) in [6.45, 7) is 5.81. The average Bonchev–Trinajstić information content (AvgIpc) is 3.45. The average molecular weight is 479 g/mol. The minimum Gasteiger partial charge on any atom is -0.337 e. The third kappa shape index (κ3) is 3.98. The van der Waals surface area contributed by atoms with Gasteiger partial charge in [-0.05, 0) is 76.0 Å². The molecule has 1 atom stereocenters. The first-order chi connectivity index (χ1) is 15.8. The van der Waals surface area contributed by atoms with Crippen LogP contribution in [0.5, 0.6) is 0 Å².